The molecule has 1 N–H and O–H groups in total. The van der Waals surface area contributed by atoms with E-state index in [1.165, 1.54) is 12.1 Å². The van der Waals surface area contributed by atoms with E-state index in [9.17, 15) is 10.1 Å². The fourth-order valence-corrected chi connectivity index (χ4v) is 1.44. The Kier molecular flexibility index (Phi) is 3.85. The molecule has 0 aliphatic heterocycles. The highest BCUT2D eigenvalue weighted by molar-refractivity contribution is 5.58. The number of hydrogen-bond donors (Lipinski definition) is 1. The molecule has 2 rings (SSSR count). The summed E-state index contributed by atoms with van der Waals surface area (Å²) in [7, 11) is 0. The largest absolute Gasteiger partial charge is 0.338 e. The van der Waals surface area contributed by atoms with E-state index < -0.39 is 4.92 Å². The standard InChI is InChI=1S/C12H10N4O3/c1-2-6-13-8-11-14-12(15-19-11)9-4-3-5-10(7-9)16(17)18/h1,3-5,7,13H,6,8H2. The lowest BCUT2D eigenvalue weighted by Gasteiger charge is -1.94. The molecule has 0 aliphatic rings. The fourth-order valence-electron chi connectivity index (χ4n) is 1.44. The van der Waals surface area contributed by atoms with E-state index in [0.717, 1.165) is 0 Å². The lowest BCUT2D eigenvalue weighted by atomic mass is 10.2. The van der Waals surface area contributed by atoms with Crippen LogP contribution in [0.2, 0.25) is 0 Å². The summed E-state index contributed by atoms with van der Waals surface area (Å²) in [5.41, 5.74) is 0.510. The van der Waals surface area contributed by atoms with Crippen molar-refractivity contribution in [1.29, 1.82) is 0 Å². The molecule has 0 unspecified atom stereocenters. The molecule has 0 fully saturated rings. The summed E-state index contributed by atoms with van der Waals surface area (Å²) in [6.45, 7) is 0.751. The Bertz CT molecular complexity index is 630. The third-order valence-corrected chi connectivity index (χ3v) is 2.29. The molecule has 2 aromatic rings. The van der Waals surface area contributed by atoms with Gasteiger partial charge < -0.3 is 4.52 Å². The van der Waals surface area contributed by atoms with Crippen LogP contribution in [0.15, 0.2) is 28.8 Å². The molecule has 0 aliphatic carbocycles. The van der Waals surface area contributed by atoms with Crippen molar-refractivity contribution in [2.75, 3.05) is 6.54 Å². The van der Waals surface area contributed by atoms with Gasteiger partial charge >= 0.3 is 0 Å². The summed E-state index contributed by atoms with van der Waals surface area (Å²) in [6.07, 6.45) is 5.09. The minimum Gasteiger partial charge on any atom is -0.338 e. The van der Waals surface area contributed by atoms with Crippen molar-refractivity contribution in [3.05, 3.63) is 40.3 Å². The van der Waals surface area contributed by atoms with Crippen molar-refractivity contribution in [3.8, 4) is 23.7 Å². The summed E-state index contributed by atoms with van der Waals surface area (Å²) in [6, 6.07) is 6.04. The van der Waals surface area contributed by atoms with Gasteiger partial charge in [-0.1, -0.05) is 23.2 Å². The second kappa shape index (κ2) is 5.75. The van der Waals surface area contributed by atoms with E-state index in [1.54, 1.807) is 12.1 Å². The Morgan fingerprint density at radius 2 is 2.37 bits per heavy atom. The van der Waals surface area contributed by atoms with Gasteiger partial charge in [0.1, 0.15) is 0 Å². The van der Waals surface area contributed by atoms with Gasteiger partial charge in [0, 0.05) is 17.7 Å². The SMILES string of the molecule is C#CCNCc1nc(-c2cccc([N+](=O)[O-])c2)no1. The minimum atomic E-state index is -0.473. The van der Waals surface area contributed by atoms with Crippen LogP contribution in [0.25, 0.3) is 11.4 Å². The first-order chi connectivity index (χ1) is 9.20. The van der Waals surface area contributed by atoms with Gasteiger partial charge in [-0.2, -0.15) is 4.98 Å². The summed E-state index contributed by atoms with van der Waals surface area (Å²) >= 11 is 0. The molecule has 96 valence electrons. The van der Waals surface area contributed by atoms with E-state index >= 15 is 0 Å². The third kappa shape index (κ3) is 3.14. The van der Waals surface area contributed by atoms with Gasteiger partial charge in [0.2, 0.25) is 11.7 Å². The molecular formula is C12H10N4O3. The van der Waals surface area contributed by atoms with E-state index in [0.29, 0.717) is 30.4 Å². The molecule has 1 heterocycles. The van der Waals surface area contributed by atoms with Crippen LogP contribution in [0.4, 0.5) is 5.69 Å². The van der Waals surface area contributed by atoms with Crippen LogP contribution in [0.3, 0.4) is 0 Å². The maximum atomic E-state index is 10.7. The van der Waals surface area contributed by atoms with Crippen LogP contribution in [0.5, 0.6) is 0 Å². The molecule has 0 saturated heterocycles. The molecule has 7 nitrogen and oxygen atoms in total. The van der Waals surface area contributed by atoms with Gasteiger partial charge in [0.15, 0.2) is 0 Å². The second-order valence-corrected chi connectivity index (χ2v) is 3.63. The first kappa shape index (κ1) is 12.7. The van der Waals surface area contributed by atoms with E-state index in [2.05, 4.69) is 21.4 Å². The van der Waals surface area contributed by atoms with Gasteiger partial charge in [-0.05, 0) is 0 Å². The first-order valence-electron chi connectivity index (χ1n) is 5.42. The van der Waals surface area contributed by atoms with Crippen molar-refractivity contribution >= 4 is 5.69 Å². The zero-order valence-electron chi connectivity index (χ0n) is 9.87. The Labute approximate surface area is 108 Å². The summed E-state index contributed by atoms with van der Waals surface area (Å²) in [5, 5.41) is 17.3. The zero-order chi connectivity index (χ0) is 13.7. The predicted octanol–water partition coefficient (Wildman–Crippen LogP) is 1.37. The van der Waals surface area contributed by atoms with E-state index in [1.807, 2.05) is 0 Å². The maximum Gasteiger partial charge on any atom is 0.270 e. The Hall–Kier alpha value is -2.72. The molecule has 1 aromatic carbocycles. The Morgan fingerprint density at radius 3 is 3.11 bits per heavy atom. The number of nitro benzene ring substituents is 1. The summed E-state index contributed by atoms with van der Waals surface area (Å²) in [5.74, 6) is 3.10. The van der Waals surface area contributed by atoms with E-state index in [4.69, 9.17) is 10.9 Å². The minimum absolute atomic E-state index is 0.0192. The first-order valence-corrected chi connectivity index (χ1v) is 5.42. The van der Waals surface area contributed by atoms with Crippen molar-refractivity contribution in [3.63, 3.8) is 0 Å². The van der Waals surface area contributed by atoms with Gasteiger partial charge in [0.25, 0.3) is 5.69 Å². The number of rotatable bonds is 5. The molecule has 7 heteroatoms. The van der Waals surface area contributed by atoms with Gasteiger partial charge in [-0.15, -0.1) is 6.42 Å². The number of terminal acetylenes is 1. The number of benzene rings is 1. The molecule has 0 saturated carbocycles. The van der Waals surface area contributed by atoms with Gasteiger partial charge in [-0.25, -0.2) is 0 Å². The second-order valence-electron chi connectivity index (χ2n) is 3.63. The van der Waals surface area contributed by atoms with Crippen LogP contribution >= 0.6 is 0 Å². The average Bonchev–Trinajstić information content (AvgIpc) is 2.88. The number of aromatic nitrogens is 2. The molecule has 19 heavy (non-hydrogen) atoms. The van der Waals surface area contributed by atoms with Crippen LogP contribution in [0.1, 0.15) is 5.89 Å². The Balaban J connectivity index is 2.16. The van der Waals surface area contributed by atoms with Crippen LogP contribution in [-0.2, 0) is 6.54 Å². The van der Waals surface area contributed by atoms with Crippen LogP contribution < -0.4 is 5.32 Å². The highest BCUT2D eigenvalue weighted by Crippen LogP contribution is 2.21. The molecular weight excluding hydrogens is 248 g/mol. The number of hydrogen-bond acceptors (Lipinski definition) is 6. The lowest BCUT2D eigenvalue weighted by molar-refractivity contribution is -0.384. The van der Waals surface area contributed by atoms with Crippen molar-refractivity contribution in [2.45, 2.75) is 6.54 Å². The number of nitrogens with one attached hydrogen (secondary N) is 1. The summed E-state index contributed by atoms with van der Waals surface area (Å²) < 4.78 is 5.00. The van der Waals surface area contributed by atoms with E-state index in [-0.39, 0.29) is 5.69 Å². The topological polar surface area (TPSA) is 94.1 Å². The smallest absolute Gasteiger partial charge is 0.270 e. The molecule has 0 radical (unpaired) electrons. The molecule has 0 atom stereocenters. The maximum absolute atomic E-state index is 10.7. The predicted molar refractivity (Wildman–Crippen MR) is 66.9 cm³/mol. The number of non-ortho nitro benzene ring substituents is 1. The summed E-state index contributed by atoms with van der Waals surface area (Å²) in [4.78, 5) is 14.3. The monoisotopic (exact) mass is 258 g/mol. The molecule has 0 amide bonds. The average molecular weight is 258 g/mol. The highest BCUT2D eigenvalue weighted by Gasteiger charge is 2.12. The third-order valence-electron chi connectivity index (χ3n) is 2.29. The van der Waals surface area contributed by atoms with Crippen molar-refractivity contribution in [2.24, 2.45) is 0 Å². The highest BCUT2D eigenvalue weighted by atomic mass is 16.6. The van der Waals surface area contributed by atoms with Crippen molar-refractivity contribution in [1.82, 2.24) is 15.5 Å². The zero-order valence-corrected chi connectivity index (χ0v) is 9.87. The Morgan fingerprint density at radius 1 is 1.53 bits per heavy atom. The van der Waals surface area contributed by atoms with Crippen molar-refractivity contribution < 1.29 is 9.45 Å². The molecule has 0 bridgehead atoms. The number of nitro groups is 1. The number of nitrogens with zero attached hydrogens (tertiary/aromatic N) is 3. The fraction of sp³-hybridized carbons (Fsp3) is 0.167. The normalized spacial score (nSPS) is 10.1. The van der Waals surface area contributed by atoms with Gasteiger partial charge in [-0.3, -0.25) is 15.4 Å². The van der Waals surface area contributed by atoms with Crippen LogP contribution in [-0.4, -0.2) is 21.6 Å². The lowest BCUT2D eigenvalue weighted by Crippen LogP contribution is -2.13. The van der Waals surface area contributed by atoms with Crippen LogP contribution in [0, 0.1) is 22.5 Å². The molecule has 0 spiro atoms. The van der Waals surface area contributed by atoms with Gasteiger partial charge in [0.05, 0.1) is 18.0 Å². The quantitative estimate of drug-likeness (QED) is 0.376. The molecule has 1 aromatic heterocycles.